The first kappa shape index (κ1) is 22.0. The van der Waals surface area contributed by atoms with Crippen LogP contribution in [0.25, 0.3) is 0 Å². The minimum Gasteiger partial charge on any atom is -0.478 e. The van der Waals surface area contributed by atoms with E-state index in [2.05, 4.69) is 17.1 Å². The van der Waals surface area contributed by atoms with E-state index in [1.165, 1.54) is 18.2 Å². The Kier molecular flexibility index (Phi) is 6.92. The maximum absolute atomic E-state index is 13.3. The second-order valence-electron chi connectivity index (χ2n) is 8.04. The summed E-state index contributed by atoms with van der Waals surface area (Å²) in [6, 6.07) is 7.54. The van der Waals surface area contributed by atoms with Gasteiger partial charge in [0.05, 0.1) is 11.3 Å². The Morgan fingerprint density at radius 3 is 2.40 bits per heavy atom. The van der Waals surface area contributed by atoms with Gasteiger partial charge in [0.1, 0.15) is 5.75 Å². The number of halogens is 1. The smallest absolute Gasteiger partial charge is 0.337 e. The summed E-state index contributed by atoms with van der Waals surface area (Å²) in [5.41, 5.74) is 0.372. The molecule has 1 fully saturated rings. The largest absolute Gasteiger partial charge is 0.478 e. The summed E-state index contributed by atoms with van der Waals surface area (Å²) in [7, 11) is 0. The molecule has 8 heteroatoms. The molecule has 3 rings (SSSR count). The van der Waals surface area contributed by atoms with Gasteiger partial charge in [0.25, 0.3) is 0 Å². The standard InChI is InChI=1S/C22H26ClN3O4/c1-13(2)26(21(27)15-6-4-14(3)5-7-15)18-9-8-16(12-17(18)22(28)29)30-20-11-10-19(23)24-25-20/h8-15H,4-7H2,1-3H3,(H,28,29). The number of hydrogen-bond donors (Lipinski definition) is 1. The summed E-state index contributed by atoms with van der Waals surface area (Å²) in [4.78, 5) is 26.9. The third-order valence-corrected chi connectivity index (χ3v) is 5.61. The summed E-state index contributed by atoms with van der Waals surface area (Å²) in [5.74, 6) is -0.119. The topological polar surface area (TPSA) is 92.6 Å². The van der Waals surface area contributed by atoms with Crippen molar-refractivity contribution in [2.24, 2.45) is 11.8 Å². The van der Waals surface area contributed by atoms with Gasteiger partial charge in [0, 0.05) is 18.0 Å². The summed E-state index contributed by atoms with van der Waals surface area (Å²) < 4.78 is 5.61. The van der Waals surface area contributed by atoms with Crippen LogP contribution < -0.4 is 9.64 Å². The van der Waals surface area contributed by atoms with Crippen LogP contribution in [0.2, 0.25) is 5.15 Å². The van der Waals surface area contributed by atoms with Crippen molar-refractivity contribution >= 4 is 29.2 Å². The predicted octanol–water partition coefficient (Wildman–Crippen LogP) is 5.19. The number of carbonyl (C=O) groups excluding carboxylic acids is 1. The Morgan fingerprint density at radius 2 is 1.83 bits per heavy atom. The molecule has 1 aromatic heterocycles. The van der Waals surface area contributed by atoms with Gasteiger partial charge in [0.15, 0.2) is 5.15 Å². The lowest BCUT2D eigenvalue weighted by molar-refractivity contribution is -0.123. The van der Waals surface area contributed by atoms with Crippen molar-refractivity contribution in [1.29, 1.82) is 0 Å². The molecule has 1 aromatic carbocycles. The average molecular weight is 432 g/mol. The molecule has 1 aliphatic rings. The second kappa shape index (κ2) is 9.43. The number of anilines is 1. The molecule has 0 aliphatic heterocycles. The van der Waals surface area contributed by atoms with Crippen LogP contribution in [0.3, 0.4) is 0 Å². The molecule has 0 bridgehead atoms. The molecule has 0 unspecified atom stereocenters. The van der Waals surface area contributed by atoms with Crippen molar-refractivity contribution < 1.29 is 19.4 Å². The fourth-order valence-electron chi connectivity index (χ4n) is 3.79. The lowest BCUT2D eigenvalue weighted by Gasteiger charge is -2.34. The summed E-state index contributed by atoms with van der Waals surface area (Å²) in [6.45, 7) is 5.98. The third-order valence-electron chi connectivity index (χ3n) is 5.41. The van der Waals surface area contributed by atoms with Gasteiger partial charge in [-0.1, -0.05) is 18.5 Å². The SMILES string of the molecule is CC1CCC(C(=O)N(c2ccc(Oc3ccc(Cl)nn3)cc2C(=O)O)C(C)C)CC1. The number of amides is 1. The Hall–Kier alpha value is -2.67. The lowest BCUT2D eigenvalue weighted by atomic mass is 9.82. The minimum atomic E-state index is -1.13. The maximum Gasteiger partial charge on any atom is 0.337 e. The second-order valence-corrected chi connectivity index (χ2v) is 8.43. The van der Waals surface area contributed by atoms with Crippen molar-refractivity contribution in [2.75, 3.05) is 4.90 Å². The summed E-state index contributed by atoms with van der Waals surface area (Å²) in [5, 5.41) is 17.6. The molecule has 7 nitrogen and oxygen atoms in total. The first-order chi connectivity index (χ1) is 14.3. The quantitative estimate of drug-likeness (QED) is 0.676. The highest BCUT2D eigenvalue weighted by Gasteiger charge is 2.32. The third kappa shape index (κ3) is 5.08. The molecule has 0 radical (unpaired) electrons. The van der Waals surface area contributed by atoms with Crippen molar-refractivity contribution in [3.63, 3.8) is 0 Å². The number of ether oxygens (including phenoxy) is 1. The number of carboxylic acid groups (broad SMARTS) is 1. The summed E-state index contributed by atoms with van der Waals surface area (Å²) in [6.07, 6.45) is 3.70. The highest BCUT2D eigenvalue weighted by atomic mass is 35.5. The van der Waals surface area contributed by atoms with Crippen LogP contribution in [-0.4, -0.2) is 33.2 Å². The molecule has 0 atom stereocenters. The van der Waals surface area contributed by atoms with E-state index in [4.69, 9.17) is 16.3 Å². The Balaban J connectivity index is 1.90. The number of benzene rings is 1. The van der Waals surface area contributed by atoms with Gasteiger partial charge in [-0.2, -0.15) is 0 Å². The van der Waals surface area contributed by atoms with Crippen LogP contribution in [0.1, 0.15) is 56.8 Å². The fraction of sp³-hybridized carbons (Fsp3) is 0.455. The summed E-state index contributed by atoms with van der Waals surface area (Å²) >= 11 is 5.72. The average Bonchev–Trinajstić information content (AvgIpc) is 2.71. The Bertz CT molecular complexity index is 909. The van der Waals surface area contributed by atoms with E-state index in [1.54, 1.807) is 17.0 Å². The molecule has 2 aromatic rings. The molecule has 160 valence electrons. The fourth-order valence-corrected chi connectivity index (χ4v) is 3.89. The molecule has 1 amide bonds. The number of aromatic carboxylic acids is 1. The lowest BCUT2D eigenvalue weighted by Crippen LogP contribution is -2.42. The first-order valence-electron chi connectivity index (χ1n) is 10.1. The van der Waals surface area contributed by atoms with Crippen molar-refractivity contribution in [3.8, 4) is 11.6 Å². The molecular weight excluding hydrogens is 406 g/mol. The molecular formula is C22H26ClN3O4. The zero-order valence-electron chi connectivity index (χ0n) is 17.3. The molecule has 1 heterocycles. The van der Waals surface area contributed by atoms with E-state index >= 15 is 0 Å². The van der Waals surface area contributed by atoms with Crippen molar-refractivity contribution in [1.82, 2.24) is 10.2 Å². The highest BCUT2D eigenvalue weighted by molar-refractivity contribution is 6.29. The van der Waals surface area contributed by atoms with Crippen molar-refractivity contribution in [3.05, 3.63) is 41.0 Å². The van der Waals surface area contributed by atoms with Crippen LogP contribution in [0, 0.1) is 11.8 Å². The number of carboxylic acids is 1. The van der Waals surface area contributed by atoms with E-state index < -0.39 is 5.97 Å². The maximum atomic E-state index is 13.3. The Labute approximate surface area is 181 Å². The van der Waals surface area contributed by atoms with E-state index in [-0.39, 0.29) is 40.2 Å². The number of hydrogen-bond acceptors (Lipinski definition) is 5. The number of carbonyl (C=O) groups is 2. The van der Waals surface area contributed by atoms with Gasteiger partial charge in [-0.25, -0.2) is 4.79 Å². The molecule has 30 heavy (non-hydrogen) atoms. The zero-order chi connectivity index (χ0) is 21.8. The van der Waals surface area contributed by atoms with Gasteiger partial charge in [-0.3, -0.25) is 4.79 Å². The van der Waals surface area contributed by atoms with Gasteiger partial charge in [0.2, 0.25) is 11.8 Å². The number of nitrogens with zero attached hydrogens (tertiary/aromatic N) is 3. The normalized spacial score (nSPS) is 18.8. The minimum absolute atomic E-state index is 0.000602. The van der Waals surface area contributed by atoms with E-state index in [0.29, 0.717) is 11.6 Å². The van der Waals surface area contributed by atoms with Gasteiger partial charge in [-0.15, -0.1) is 10.2 Å². The predicted molar refractivity (Wildman–Crippen MR) is 114 cm³/mol. The zero-order valence-corrected chi connectivity index (χ0v) is 18.1. The number of rotatable bonds is 6. The molecule has 0 saturated heterocycles. The van der Waals surface area contributed by atoms with Crippen LogP contribution in [0.5, 0.6) is 11.6 Å². The molecule has 1 N–H and O–H groups in total. The van der Waals surface area contributed by atoms with Crippen molar-refractivity contribution in [2.45, 2.75) is 52.5 Å². The Morgan fingerprint density at radius 1 is 1.13 bits per heavy atom. The van der Waals surface area contributed by atoms with Crippen LogP contribution in [-0.2, 0) is 4.79 Å². The van der Waals surface area contributed by atoms with Gasteiger partial charge < -0.3 is 14.7 Å². The highest BCUT2D eigenvalue weighted by Crippen LogP contribution is 2.34. The van der Waals surface area contributed by atoms with E-state index in [1.807, 2.05) is 13.8 Å². The van der Waals surface area contributed by atoms with E-state index in [9.17, 15) is 14.7 Å². The van der Waals surface area contributed by atoms with E-state index in [0.717, 1.165) is 25.7 Å². The first-order valence-corrected chi connectivity index (χ1v) is 10.5. The number of aromatic nitrogens is 2. The van der Waals surface area contributed by atoms with Gasteiger partial charge >= 0.3 is 5.97 Å². The van der Waals surface area contributed by atoms with Gasteiger partial charge in [-0.05, 0) is 69.7 Å². The van der Waals surface area contributed by atoms with Crippen LogP contribution in [0.15, 0.2) is 30.3 Å². The molecule has 0 spiro atoms. The van der Waals surface area contributed by atoms with Crippen LogP contribution in [0.4, 0.5) is 5.69 Å². The van der Waals surface area contributed by atoms with Crippen LogP contribution >= 0.6 is 11.6 Å². The molecule has 1 saturated carbocycles. The monoisotopic (exact) mass is 431 g/mol. The molecule has 1 aliphatic carbocycles.